The first-order valence-electron chi connectivity index (χ1n) is 6.49. The highest BCUT2D eigenvalue weighted by Gasteiger charge is 2.54. The molecule has 94 valence electrons. The number of allylic oxidation sites excluding steroid dienone is 1. The Hall–Kier alpha value is -0.315. The standard InChI is InChI=1S/C13H21BO3/c1-11(2)12(3,4)17-14(16-11)10-5-6-13(7-10)8-15-9-13/h7H,5-6,8-9H2,1-4H3. The van der Waals surface area contributed by atoms with Gasteiger partial charge in [-0.1, -0.05) is 6.08 Å². The normalized spacial score (nSPS) is 32.7. The maximum Gasteiger partial charge on any atom is 0.490 e. The highest BCUT2D eigenvalue weighted by molar-refractivity contribution is 6.54. The fourth-order valence-electron chi connectivity index (χ4n) is 2.70. The van der Waals surface area contributed by atoms with Crippen LogP contribution in [0.2, 0.25) is 0 Å². The van der Waals surface area contributed by atoms with E-state index in [4.69, 9.17) is 14.0 Å². The highest BCUT2D eigenvalue weighted by Crippen LogP contribution is 2.46. The predicted molar refractivity (Wildman–Crippen MR) is 66.7 cm³/mol. The lowest BCUT2D eigenvalue weighted by atomic mass is 9.77. The maximum absolute atomic E-state index is 6.08. The Labute approximate surface area is 104 Å². The van der Waals surface area contributed by atoms with E-state index in [2.05, 4.69) is 33.8 Å². The predicted octanol–water partition coefficient (Wildman–Crippen LogP) is 2.35. The third-order valence-electron chi connectivity index (χ3n) is 4.74. The summed E-state index contributed by atoms with van der Waals surface area (Å²) in [5.74, 6) is 0. The van der Waals surface area contributed by atoms with E-state index in [9.17, 15) is 0 Å². The minimum Gasteiger partial charge on any atom is -0.400 e. The molecule has 0 N–H and O–H groups in total. The van der Waals surface area contributed by atoms with Crippen molar-refractivity contribution in [2.24, 2.45) is 5.41 Å². The number of hydrogen-bond donors (Lipinski definition) is 0. The van der Waals surface area contributed by atoms with Crippen LogP contribution in [0.4, 0.5) is 0 Å². The van der Waals surface area contributed by atoms with Crippen molar-refractivity contribution in [2.45, 2.75) is 51.7 Å². The van der Waals surface area contributed by atoms with Crippen LogP contribution in [0.1, 0.15) is 40.5 Å². The van der Waals surface area contributed by atoms with E-state index in [-0.39, 0.29) is 18.3 Å². The van der Waals surface area contributed by atoms with Crippen molar-refractivity contribution in [1.82, 2.24) is 0 Å². The van der Waals surface area contributed by atoms with Crippen molar-refractivity contribution in [3.8, 4) is 0 Å². The minimum absolute atomic E-state index is 0.153. The number of hydrogen-bond acceptors (Lipinski definition) is 3. The molecule has 4 heteroatoms. The maximum atomic E-state index is 6.08. The molecule has 0 amide bonds. The first-order valence-corrected chi connectivity index (χ1v) is 6.49. The van der Waals surface area contributed by atoms with Crippen molar-refractivity contribution in [1.29, 1.82) is 0 Å². The Morgan fingerprint density at radius 1 is 1.06 bits per heavy atom. The molecule has 2 saturated heterocycles. The average Bonchev–Trinajstić information content (AvgIpc) is 2.66. The van der Waals surface area contributed by atoms with Gasteiger partial charge in [-0.2, -0.15) is 0 Å². The number of ether oxygens (including phenoxy) is 1. The van der Waals surface area contributed by atoms with Crippen molar-refractivity contribution in [3.63, 3.8) is 0 Å². The first-order chi connectivity index (χ1) is 7.84. The largest absolute Gasteiger partial charge is 0.490 e. The van der Waals surface area contributed by atoms with E-state index in [0.29, 0.717) is 5.41 Å². The zero-order valence-electron chi connectivity index (χ0n) is 11.2. The highest BCUT2D eigenvalue weighted by atomic mass is 16.7. The number of rotatable bonds is 1. The molecule has 1 spiro atoms. The summed E-state index contributed by atoms with van der Waals surface area (Å²) in [6.45, 7) is 10.1. The zero-order chi connectivity index (χ0) is 12.3. The second kappa shape index (κ2) is 3.37. The van der Waals surface area contributed by atoms with Crippen molar-refractivity contribution < 1.29 is 14.0 Å². The summed E-state index contributed by atoms with van der Waals surface area (Å²) in [5, 5.41) is 0. The summed E-state index contributed by atoms with van der Waals surface area (Å²) in [6.07, 6.45) is 4.62. The molecule has 0 aromatic carbocycles. The van der Waals surface area contributed by atoms with Crippen molar-refractivity contribution >= 4 is 7.12 Å². The van der Waals surface area contributed by atoms with E-state index in [0.717, 1.165) is 19.6 Å². The minimum atomic E-state index is -0.232. The van der Waals surface area contributed by atoms with E-state index in [1.165, 1.54) is 11.9 Å². The molecule has 0 radical (unpaired) electrons. The van der Waals surface area contributed by atoms with Gasteiger partial charge in [0.25, 0.3) is 0 Å². The van der Waals surface area contributed by atoms with Crippen molar-refractivity contribution in [2.75, 3.05) is 13.2 Å². The fourth-order valence-corrected chi connectivity index (χ4v) is 2.70. The third-order valence-corrected chi connectivity index (χ3v) is 4.74. The van der Waals surface area contributed by atoms with Gasteiger partial charge in [-0.3, -0.25) is 0 Å². The molecule has 0 bridgehead atoms. The molecule has 2 aliphatic heterocycles. The SMILES string of the molecule is CC1(C)OB(C2=CC3(CC2)COC3)OC1(C)C. The van der Waals surface area contributed by atoms with Gasteiger partial charge in [0.15, 0.2) is 0 Å². The molecular formula is C13H21BO3. The van der Waals surface area contributed by atoms with Gasteiger partial charge in [0.1, 0.15) is 0 Å². The van der Waals surface area contributed by atoms with Crippen LogP contribution < -0.4 is 0 Å². The average molecular weight is 236 g/mol. The molecule has 3 rings (SSSR count). The molecule has 0 saturated carbocycles. The molecule has 2 fully saturated rings. The lowest BCUT2D eigenvalue weighted by Gasteiger charge is -2.36. The van der Waals surface area contributed by atoms with E-state index < -0.39 is 0 Å². The second-order valence-electron chi connectivity index (χ2n) is 6.66. The van der Waals surface area contributed by atoms with Crippen LogP contribution in [0.15, 0.2) is 11.5 Å². The van der Waals surface area contributed by atoms with Gasteiger partial charge in [-0.05, 0) is 46.0 Å². The Bertz CT molecular complexity index is 353. The Kier molecular flexibility index (Phi) is 2.33. The molecular weight excluding hydrogens is 215 g/mol. The molecule has 1 aliphatic carbocycles. The van der Waals surface area contributed by atoms with E-state index in [1.54, 1.807) is 0 Å². The fraction of sp³-hybridized carbons (Fsp3) is 0.846. The zero-order valence-corrected chi connectivity index (χ0v) is 11.2. The summed E-state index contributed by atoms with van der Waals surface area (Å²) < 4.78 is 17.5. The summed E-state index contributed by atoms with van der Waals surface area (Å²) in [5.41, 5.74) is 1.15. The monoisotopic (exact) mass is 236 g/mol. The smallest absolute Gasteiger partial charge is 0.400 e. The lowest BCUT2D eigenvalue weighted by Crippen LogP contribution is -2.41. The molecule has 2 heterocycles. The van der Waals surface area contributed by atoms with Crippen LogP contribution >= 0.6 is 0 Å². The van der Waals surface area contributed by atoms with Crippen LogP contribution in [0.25, 0.3) is 0 Å². The first kappa shape index (κ1) is 11.8. The van der Waals surface area contributed by atoms with Gasteiger partial charge >= 0.3 is 7.12 Å². The van der Waals surface area contributed by atoms with Gasteiger partial charge < -0.3 is 14.0 Å². The summed E-state index contributed by atoms with van der Waals surface area (Å²) in [6, 6.07) is 0. The Balaban J connectivity index is 1.78. The van der Waals surface area contributed by atoms with Crippen LogP contribution in [0.3, 0.4) is 0 Å². The molecule has 0 atom stereocenters. The van der Waals surface area contributed by atoms with Crippen LogP contribution in [-0.4, -0.2) is 31.5 Å². The quantitative estimate of drug-likeness (QED) is 0.654. The third kappa shape index (κ3) is 1.69. The van der Waals surface area contributed by atoms with E-state index >= 15 is 0 Å². The van der Waals surface area contributed by atoms with Gasteiger partial charge in [0.2, 0.25) is 0 Å². The van der Waals surface area contributed by atoms with Gasteiger partial charge in [0.05, 0.1) is 24.4 Å². The van der Waals surface area contributed by atoms with Crippen LogP contribution in [0, 0.1) is 5.41 Å². The molecule has 3 aliphatic rings. The van der Waals surface area contributed by atoms with Gasteiger partial charge in [0, 0.05) is 5.41 Å². The van der Waals surface area contributed by atoms with Gasteiger partial charge in [-0.25, -0.2) is 0 Å². The van der Waals surface area contributed by atoms with Crippen LogP contribution in [-0.2, 0) is 14.0 Å². The summed E-state index contributed by atoms with van der Waals surface area (Å²) >= 11 is 0. The molecule has 0 unspecified atom stereocenters. The van der Waals surface area contributed by atoms with Crippen LogP contribution in [0.5, 0.6) is 0 Å². The molecule has 3 nitrogen and oxygen atoms in total. The Morgan fingerprint density at radius 2 is 1.65 bits per heavy atom. The van der Waals surface area contributed by atoms with Crippen molar-refractivity contribution in [3.05, 3.63) is 11.5 Å². The van der Waals surface area contributed by atoms with Gasteiger partial charge in [-0.15, -0.1) is 0 Å². The van der Waals surface area contributed by atoms with E-state index in [1.807, 2.05) is 0 Å². The molecule has 17 heavy (non-hydrogen) atoms. The molecule has 0 aromatic heterocycles. The Morgan fingerprint density at radius 3 is 2.06 bits per heavy atom. The summed E-state index contributed by atoms with van der Waals surface area (Å²) in [7, 11) is -0.153. The second-order valence-corrected chi connectivity index (χ2v) is 6.66. The topological polar surface area (TPSA) is 27.7 Å². The molecule has 0 aromatic rings. The lowest BCUT2D eigenvalue weighted by molar-refractivity contribution is -0.0814. The summed E-state index contributed by atoms with van der Waals surface area (Å²) in [4.78, 5) is 0.